The van der Waals surface area contributed by atoms with Crippen LogP contribution in [0.4, 0.5) is 4.79 Å². The molecule has 1 saturated heterocycles. The van der Waals surface area contributed by atoms with Gasteiger partial charge in [-0.15, -0.1) is 0 Å². The van der Waals surface area contributed by atoms with E-state index in [2.05, 4.69) is 10.6 Å². The Hall–Kier alpha value is -0.770. The topological polar surface area (TPSA) is 44.4 Å². The summed E-state index contributed by atoms with van der Waals surface area (Å²) in [7, 11) is 2.00. The highest BCUT2D eigenvalue weighted by Crippen LogP contribution is 2.20. The number of hydrogen-bond donors (Lipinski definition) is 2. The van der Waals surface area contributed by atoms with Gasteiger partial charge in [0.2, 0.25) is 0 Å². The lowest BCUT2D eigenvalue weighted by Crippen LogP contribution is -2.50. The average Bonchev–Trinajstić information content (AvgIpc) is 2.25. The van der Waals surface area contributed by atoms with Gasteiger partial charge in [0.15, 0.2) is 0 Å². The van der Waals surface area contributed by atoms with E-state index in [1.807, 2.05) is 11.9 Å². The monoisotopic (exact) mass is 225 g/mol. The van der Waals surface area contributed by atoms with Gasteiger partial charge < -0.3 is 15.5 Å². The summed E-state index contributed by atoms with van der Waals surface area (Å²) >= 11 is 0. The molecule has 0 atom stereocenters. The minimum atomic E-state index is 0.160. The van der Waals surface area contributed by atoms with Crippen molar-refractivity contribution in [1.82, 2.24) is 15.5 Å². The van der Waals surface area contributed by atoms with Crippen molar-refractivity contribution in [3.8, 4) is 0 Å². The maximum Gasteiger partial charge on any atom is 0.317 e. The van der Waals surface area contributed by atoms with Gasteiger partial charge in [0.1, 0.15) is 0 Å². The zero-order valence-corrected chi connectivity index (χ0v) is 10.2. The van der Waals surface area contributed by atoms with E-state index in [9.17, 15) is 4.79 Å². The van der Waals surface area contributed by atoms with E-state index in [1.165, 1.54) is 19.3 Å². The third kappa shape index (κ3) is 2.88. The summed E-state index contributed by atoms with van der Waals surface area (Å²) in [6.45, 7) is 2.92. The smallest absolute Gasteiger partial charge is 0.317 e. The first-order chi connectivity index (χ1) is 7.79. The molecule has 0 aromatic heterocycles. The molecule has 0 spiro atoms. The normalized spacial score (nSPS) is 22.9. The molecule has 2 aliphatic rings. The molecule has 1 saturated carbocycles. The highest BCUT2D eigenvalue weighted by Gasteiger charge is 2.25. The Bertz CT molecular complexity index is 232. The Morgan fingerprint density at radius 2 is 1.94 bits per heavy atom. The van der Waals surface area contributed by atoms with E-state index in [1.54, 1.807) is 0 Å². The Balaban J connectivity index is 1.68. The van der Waals surface area contributed by atoms with Crippen LogP contribution in [0, 0.1) is 5.92 Å². The molecule has 0 bridgehead atoms. The number of carbonyl (C=O) groups excluding carboxylic acids is 1. The van der Waals surface area contributed by atoms with Crippen LogP contribution < -0.4 is 10.6 Å². The van der Waals surface area contributed by atoms with E-state index in [-0.39, 0.29) is 6.03 Å². The summed E-state index contributed by atoms with van der Waals surface area (Å²) in [5.41, 5.74) is 0. The zero-order valence-electron chi connectivity index (χ0n) is 10.2. The van der Waals surface area contributed by atoms with Crippen molar-refractivity contribution < 1.29 is 4.79 Å². The number of rotatable bonds is 3. The fourth-order valence-corrected chi connectivity index (χ4v) is 2.45. The van der Waals surface area contributed by atoms with E-state index < -0.39 is 0 Å². The molecule has 0 radical (unpaired) electrons. The first kappa shape index (κ1) is 11.7. The van der Waals surface area contributed by atoms with E-state index in [0.717, 1.165) is 38.4 Å². The SMILES string of the molecule is CNCC1CCN(C(=O)NC2CCC2)CC1. The van der Waals surface area contributed by atoms with Crippen LogP contribution in [0.1, 0.15) is 32.1 Å². The van der Waals surface area contributed by atoms with Crippen molar-refractivity contribution in [2.75, 3.05) is 26.7 Å². The van der Waals surface area contributed by atoms with E-state index >= 15 is 0 Å². The van der Waals surface area contributed by atoms with Crippen LogP contribution in [0.3, 0.4) is 0 Å². The molecule has 4 nitrogen and oxygen atoms in total. The lowest BCUT2D eigenvalue weighted by Gasteiger charge is -2.35. The van der Waals surface area contributed by atoms with Crippen molar-refractivity contribution in [3.63, 3.8) is 0 Å². The number of amides is 2. The van der Waals surface area contributed by atoms with Gasteiger partial charge in [-0.2, -0.15) is 0 Å². The summed E-state index contributed by atoms with van der Waals surface area (Å²) in [5.74, 6) is 0.748. The molecule has 0 aromatic carbocycles. The summed E-state index contributed by atoms with van der Waals surface area (Å²) in [6.07, 6.45) is 5.89. The highest BCUT2D eigenvalue weighted by atomic mass is 16.2. The maximum atomic E-state index is 11.9. The van der Waals surface area contributed by atoms with Crippen molar-refractivity contribution in [2.45, 2.75) is 38.1 Å². The zero-order chi connectivity index (χ0) is 11.4. The van der Waals surface area contributed by atoms with Gasteiger partial charge in [-0.1, -0.05) is 0 Å². The second-order valence-electron chi connectivity index (χ2n) is 5.07. The summed E-state index contributed by atoms with van der Waals surface area (Å²) in [5, 5.41) is 6.32. The molecular formula is C12H23N3O. The molecule has 2 fully saturated rings. The molecule has 1 aliphatic carbocycles. The Morgan fingerprint density at radius 3 is 2.44 bits per heavy atom. The summed E-state index contributed by atoms with van der Waals surface area (Å²) in [4.78, 5) is 13.8. The molecule has 16 heavy (non-hydrogen) atoms. The van der Waals surface area contributed by atoms with Crippen molar-refractivity contribution in [2.24, 2.45) is 5.92 Å². The van der Waals surface area contributed by atoms with Crippen LogP contribution in [0.2, 0.25) is 0 Å². The van der Waals surface area contributed by atoms with E-state index in [4.69, 9.17) is 0 Å². The molecule has 2 rings (SSSR count). The molecule has 2 amide bonds. The van der Waals surface area contributed by atoms with Gasteiger partial charge in [0.25, 0.3) is 0 Å². The molecule has 1 heterocycles. The molecule has 1 aliphatic heterocycles. The van der Waals surface area contributed by atoms with Crippen molar-refractivity contribution >= 4 is 6.03 Å². The Kier molecular flexibility index (Phi) is 4.04. The van der Waals surface area contributed by atoms with Gasteiger partial charge in [-0.05, 0) is 51.6 Å². The number of likely N-dealkylation sites (tertiary alicyclic amines) is 1. The first-order valence-electron chi connectivity index (χ1n) is 6.49. The average molecular weight is 225 g/mol. The molecule has 2 N–H and O–H groups in total. The number of piperidine rings is 1. The predicted octanol–water partition coefficient (Wildman–Crippen LogP) is 1.18. The second-order valence-corrected chi connectivity index (χ2v) is 5.07. The first-order valence-corrected chi connectivity index (χ1v) is 6.49. The predicted molar refractivity (Wildman–Crippen MR) is 64.4 cm³/mol. The quantitative estimate of drug-likeness (QED) is 0.757. The highest BCUT2D eigenvalue weighted by molar-refractivity contribution is 5.74. The number of carbonyl (C=O) groups is 1. The Morgan fingerprint density at radius 1 is 1.25 bits per heavy atom. The second kappa shape index (κ2) is 5.53. The molecule has 0 unspecified atom stereocenters. The number of nitrogens with zero attached hydrogens (tertiary/aromatic N) is 1. The number of urea groups is 1. The van der Waals surface area contributed by atoms with Crippen LogP contribution in [0.25, 0.3) is 0 Å². The van der Waals surface area contributed by atoms with E-state index in [0.29, 0.717) is 6.04 Å². The van der Waals surface area contributed by atoms with Gasteiger partial charge >= 0.3 is 6.03 Å². The molecular weight excluding hydrogens is 202 g/mol. The van der Waals surface area contributed by atoms with Crippen molar-refractivity contribution in [3.05, 3.63) is 0 Å². The lowest BCUT2D eigenvalue weighted by molar-refractivity contribution is 0.161. The number of nitrogens with one attached hydrogen (secondary N) is 2. The fraction of sp³-hybridized carbons (Fsp3) is 0.917. The van der Waals surface area contributed by atoms with Crippen LogP contribution in [0.15, 0.2) is 0 Å². The minimum Gasteiger partial charge on any atom is -0.335 e. The maximum absolute atomic E-state index is 11.9. The van der Waals surface area contributed by atoms with Crippen LogP contribution in [0.5, 0.6) is 0 Å². The van der Waals surface area contributed by atoms with Crippen LogP contribution >= 0.6 is 0 Å². The Labute approximate surface area is 97.8 Å². The molecule has 4 heteroatoms. The van der Waals surface area contributed by atoms with Crippen molar-refractivity contribution in [1.29, 1.82) is 0 Å². The van der Waals surface area contributed by atoms with Crippen LogP contribution in [-0.2, 0) is 0 Å². The summed E-state index contributed by atoms with van der Waals surface area (Å²) < 4.78 is 0. The van der Waals surface area contributed by atoms with Gasteiger partial charge in [0, 0.05) is 19.1 Å². The lowest BCUT2D eigenvalue weighted by atomic mass is 9.93. The van der Waals surface area contributed by atoms with Gasteiger partial charge in [-0.25, -0.2) is 4.79 Å². The van der Waals surface area contributed by atoms with Gasteiger partial charge in [0.05, 0.1) is 0 Å². The number of hydrogen-bond acceptors (Lipinski definition) is 2. The van der Waals surface area contributed by atoms with Gasteiger partial charge in [-0.3, -0.25) is 0 Å². The van der Waals surface area contributed by atoms with Crippen LogP contribution in [-0.4, -0.2) is 43.7 Å². The standard InChI is InChI=1S/C12H23N3O/c1-13-9-10-5-7-15(8-6-10)12(16)14-11-3-2-4-11/h10-11,13H,2-9H2,1H3,(H,14,16). The third-order valence-corrected chi connectivity index (χ3v) is 3.83. The largest absolute Gasteiger partial charge is 0.335 e. The summed E-state index contributed by atoms with van der Waals surface area (Å²) in [6, 6.07) is 0.620. The minimum absolute atomic E-state index is 0.160. The molecule has 0 aromatic rings. The third-order valence-electron chi connectivity index (χ3n) is 3.83. The molecule has 92 valence electrons. The fourth-order valence-electron chi connectivity index (χ4n) is 2.45.